The van der Waals surface area contributed by atoms with Crippen LogP contribution in [0.1, 0.15) is 31.4 Å². The summed E-state index contributed by atoms with van der Waals surface area (Å²) >= 11 is 1.42. The number of rotatable bonds is 4. The van der Waals surface area contributed by atoms with Crippen molar-refractivity contribution in [3.8, 4) is 0 Å². The molecular weight excluding hydrogens is 338 g/mol. The first kappa shape index (κ1) is 16.5. The number of ether oxygens (including phenoxy) is 1. The molecule has 2 aliphatic rings. The lowest BCUT2D eigenvalue weighted by Crippen LogP contribution is -2.60. The van der Waals surface area contributed by atoms with Gasteiger partial charge in [0.2, 0.25) is 11.8 Å². The Morgan fingerprint density at radius 3 is 3.08 bits per heavy atom. The van der Waals surface area contributed by atoms with E-state index in [2.05, 4.69) is 15.0 Å². The summed E-state index contributed by atoms with van der Waals surface area (Å²) in [6.07, 6.45) is 3.27. The Morgan fingerprint density at radius 1 is 1.36 bits per heavy atom. The summed E-state index contributed by atoms with van der Waals surface area (Å²) in [6.45, 7) is 0.725. The van der Waals surface area contributed by atoms with E-state index in [1.165, 1.54) is 11.5 Å². The highest BCUT2D eigenvalue weighted by molar-refractivity contribution is 7.13. The first-order valence-corrected chi connectivity index (χ1v) is 9.51. The molecule has 0 spiro atoms. The van der Waals surface area contributed by atoms with Gasteiger partial charge in [-0.15, -0.1) is 0 Å². The van der Waals surface area contributed by atoms with Crippen LogP contribution in [0.2, 0.25) is 0 Å². The number of hydrogen-bond acceptors (Lipinski definition) is 5. The zero-order valence-electron chi connectivity index (χ0n) is 13.9. The Hall–Kier alpha value is -1.99. The third-order valence-corrected chi connectivity index (χ3v) is 5.80. The largest absolute Gasteiger partial charge is 0.376 e. The molecule has 7 heteroatoms. The van der Waals surface area contributed by atoms with E-state index in [-0.39, 0.29) is 36.4 Å². The number of aromatic nitrogens is 1. The summed E-state index contributed by atoms with van der Waals surface area (Å²) in [7, 11) is 0. The summed E-state index contributed by atoms with van der Waals surface area (Å²) in [4.78, 5) is 24.3. The molecule has 0 bridgehead atoms. The maximum atomic E-state index is 12.6. The van der Waals surface area contributed by atoms with Crippen LogP contribution in [0.4, 0.5) is 0 Å². The van der Waals surface area contributed by atoms with Crippen molar-refractivity contribution >= 4 is 33.4 Å². The molecule has 2 aliphatic heterocycles. The van der Waals surface area contributed by atoms with E-state index in [4.69, 9.17) is 4.74 Å². The molecule has 2 amide bonds. The minimum atomic E-state index is -0.139. The van der Waals surface area contributed by atoms with Crippen molar-refractivity contribution in [1.29, 1.82) is 0 Å². The lowest BCUT2D eigenvalue weighted by Gasteiger charge is -2.36. The molecule has 3 unspecified atom stereocenters. The molecule has 3 heterocycles. The van der Waals surface area contributed by atoms with Crippen LogP contribution in [0.25, 0.3) is 10.1 Å². The van der Waals surface area contributed by atoms with Crippen molar-refractivity contribution in [3.63, 3.8) is 0 Å². The monoisotopic (exact) mass is 359 g/mol. The zero-order chi connectivity index (χ0) is 17.2. The van der Waals surface area contributed by atoms with Crippen molar-refractivity contribution in [2.24, 2.45) is 0 Å². The number of benzene rings is 1. The fourth-order valence-corrected chi connectivity index (χ4v) is 4.50. The van der Waals surface area contributed by atoms with Gasteiger partial charge in [0.05, 0.1) is 35.0 Å². The van der Waals surface area contributed by atoms with Crippen molar-refractivity contribution in [1.82, 2.24) is 15.0 Å². The first-order chi connectivity index (χ1) is 12.2. The Balaban J connectivity index is 1.44. The second kappa shape index (κ2) is 7.09. The first-order valence-electron chi connectivity index (χ1n) is 8.74. The maximum absolute atomic E-state index is 12.6. The third-order valence-electron chi connectivity index (χ3n) is 4.94. The number of amides is 2. The van der Waals surface area contributed by atoms with E-state index in [1.54, 1.807) is 0 Å². The van der Waals surface area contributed by atoms with Crippen LogP contribution in [0.5, 0.6) is 0 Å². The molecule has 1 aromatic heterocycles. The molecule has 0 aliphatic carbocycles. The molecule has 1 aromatic carbocycles. The Bertz CT molecular complexity index is 785. The van der Waals surface area contributed by atoms with Gasteiger partial charge in [-0.3, -0.25) is 9.59 Å². The molecule has 132 valence electrons. The minimum absolute atomic E-state index is 0.00495. The van der Waals surface area contributed by atoms with Crippen LogP contribution < -0.4 is 10.6 Å². The van der Waals surface area contributed by atoms with Crippen molar-refractivity contribution in [3.05, 3.63) is 30.0 Å². The molecule has 2 aromatic rings. The lowest BCUT2D eigenvalue weighted by molar-refractivity contribution is -0.128. The molecule has 0 saturated carbocycles. The Labute approximate surface area is 150 Å². The maximum Gasteiger partial charge on any atom is 0.226 e. The van der Waals surface area contributed by atoms with Crippen molar-refractivity contribution < 1.29 is 14.3 Å². The third kappa shape index (κ3) is 3.52. The van der Waals surface area contributed by atoms with Gasteiger partial charge in [-0.05, 0) is 36.9 Å². The number of piperidine rings is 1. The van der Waals surface area contributed by atoms with E-state index < -0.39 is 0 Å². The van der Waals surface area contributed by atoms with Gasteiger partial charge in [0.25, 0.3) is 0 Å². The zero-order valence-corrected chi connectivity index (χ0v) is 14.7. The van der Waals surface area contributed by atoms with Crippen LogP contribution in [-0.2, 0) is 20.7 Å². The SMILES string of the molecule is O=C(Cc1nsc2ccccc12)NC1CCC(=O)NC1C1CCCO1. The summed E-state index contributed by atoms with van der Waals surface area (Å²) in [5, 5.41) is 7.15. The van der Waals surface area contributed by atoms with Gasteiger partial charge in [0.15, 0.2) is 0 Å². The Morgan fingerprint density at radius 2 is 2.24 bits per heavy atom. The number of carbonyl (C=O) groups is 2. The van der Waals surface area contributed by atoms with Crippen molar-refractivity contribution in [2.75, 3.05) is 6.61 Å². The highest BCUT2D eigenvalue weighted by Gasteiger charge is 2.37. The summed E-state index contributed by atoms with van der Waals surface area (Å²) in [5.41, 5.74) is 0.812. The predicted octanol–water partition coefficient (Wildman–Crippen LogP) is 1.78. The van der Waals surface area contributed by atoms with Gasteiger partial charge >= 0.3 is 0 Å². The highest BCUT2D eigenvalue weighted by atomic mass is 32.1. The summed E-state index contributed by atoms with van der Waals surface area (Å²) in [6, 6.07) is 7.72. The molecule has 0 radical (unpaired) electrons. The molecular formula is C18H21N3O3S. The standard InChI is InChI=1S/C18H21N3O3S/c22-16-8-7-12(18(20-16)14-5-3-9-24-14)19-17(23)10-13-11-4-1-2-6-15(11)25-21-13/h1-2,4,6,12,14,18H,3,5,7-10H2,(H,19,23)(H,20,22). The van der Waals surface area contributed by atoms with E-state index in [0.29, 0.717) is 12.8 Å². The topological polar surface area (TPSA) is 80.3 Å². The second-order valence-electron chi connectivity index (χ2n) is 6.66. The molecule has 2 fully saturated rings. The molecule has 2 N–H and O–H groups in total. The molecule has 6 nitrogen and oxygen atoms in total. The van der Waals surface area contributed by atoms with E-state index in [1.807, 2.05) is 24.3 Å². The molecule has 25 heavy (non-hydrogen) atoms. The van der Waals surface area contributed by atoms with Crippen LogP contribution in [-0.4, -0.2) is 41.0 Å². The molecule has 3 atom stereocenters. The van der Waals surface area contributed by atoms with Crippen LogP contribution in [0.15, 0.2) is 24.3 Å². The normalized spacial score (nSPS) is 26.6. The number of nitrogens with one attached hydrogen (secondary N) is 2. The second-order valence-corrected chi connectivity index (χ2v) is 7.46. The van der Waals surface area contributed by atoms with Crippen LogP contribution in [0, 0.1) is 0 Å². The van der Waals surface area contributed by atoms with Gasteiger partial charge in [-0.25, -0.2) is 0 Å². The van der Waals surface area contributed by atoms with Gasteiger partial charge < -0.3 is 15.4 Å². The van der Waals surface area contributed by atoms with Gasteiger partial charge in [-0.2, -0.15) is 4.37 Å². The van der Waals surface area contributed by atoms with Crippen LogP contribution in [0.3, 0.4) is 0 Å². The average Bonchev–Trinajstić information content (AvgIpc) is 3.27. The van der Waals surface area contributed by atoms with E-state index >= 15 is 0 Å². The number of fused-ring (bicyclic) bond motifs is 1. The fourth-order valence-electron chi connectivity index (χ4n) is 3.70. The van der Waals surface area contributed by atoms with Crippen LogP contribution >= 0.6 is 11.5 Å². The van der Waals surface area contributed by atoms with Gasteiger partial charge in [-0.1, -0.05) is 18.2 Å². The van der Waals surface area contributed by atoms with Gasteiger partial charge in [0, 0.05) is 18.4 Å². The van der Waals surface area contributed by atoms with Gasteiger partial charge in [0.1, 0.15) is 0 Å². The summed E-state index contributed by atoms with van der Waals surface area (Å²) in [5.74, 6) is -0.0170. The number of carbonyl (C=O) groups excluding carboxylic acids is 2. The average molecular weight is 359 g/mol. The van der Waals surface area contributed by atoms with E-state index in [0.717, 1.165) is 35.2 Å². The smallest absolute Gasteiger partial charge is 0.226 e. The highest BCUT2D eigenvalue weighted by Crippen LogP contribution is 2.24. The number of nitrogens with zero attached hydrogens (tertiary/aromatic N) is 1. The summed E-state index contributed by atoms with van der Waals surface area (Å²) < 4.78 is 11.3. The van der Waals surface area contributed by atoms with Crippen molar-refractivity contribution in [2.45, 2.75) is 50.3 Å². The minimum Gasteiger partial charge on any atom is -0.376 e. The molecule has 4 rings (SSSR count). The quantitative estimate of drug-likeness (QED) is 0.872. The number of hydrogen-bond donors (Lipinski definition) is 2. The predicted molar refractivity (Wildman–Crippen MR) is 95.4 cm³/mol. The Kier molecular flexibility index (Phi) is 4.67. The lowest BCUT2D eigenvalue weighted by atomic mass is 9.92. The fraction of sp³-hybridized carbons (Fsp3) is 0.500. The molecule has 2 saturated heterocycles. The van der Waals surface area contributed by atoms with E-state index in [9.17, 15) is 9.59 Å².